The summed E-state index contributed by atoms with van der Waals surface area (Å²) in [5.74, 6) is 1.48. The molecule has 1 aliphatic heterocycles. The Kier molecular flexibility index (Phi) is 2.76. The summed E-state index contributed by atoms with van der Waals surface area (Å²) in [7, 11) is 0. The Morgan fingerprint density at radius 1 is 1.40 bits per heavy atom. The Hall–Kier alpha value is -1.71. The van der Waals surface area contributed by atoms with E-state index in [1.165, 1.54) is 6.21 Å². The lowest BCUT2D eigenvalue weighted by Crippen LogP contribution is -1.93. The monoisotopic (exact) mass is 207 g/mol. The zero-order valence-electron chi connectivity index (χ0n) is 8.56. The molecule has 4 heteroatoms. The number of ether oxygens (including phenoxy) is 2. The van der Waals surface area contributed by atoms with E-state index < -0.39 is 0 Å². The Labute approximate surface area is 88.1 Å². The van der Waals surface area contributed by atoms with E-state index in [0.717, 1.165) is 29.7 Å². The van der Waals surface area contributed by atoms with E-state index in [1.807, 2.05) is 12.1 Å². The van der Waals surface area contributed by atoms with E-state index in [9.17, 15) is 0 Å². The minimum Gasteiger partial charge on any atom is -0.454 e. The summed E-state index contributed by atoms with van der Waals surface area (Å²) in [5, 5.41) is 11.6. The summed E-state index contributed by atoms with van der Waals surface area (Å²) in [6.07, 6.45) is 3.39. The van der Waals surface area contributed by atoms with Gasteiger partial charge >= 0.3 is 0 Å². The van der Waals surface area contributed by atoms with E-state index in [1.54, 1.807) is 0 Å². The van der Waals surface area contributed by atoms with Crippen LogP contribution in [0.1, 0.15) is 24.5 Å². The molecule has 1 N–H and O–H groups in total. The first kappa shape index (κ1) is 9.83. The van der Waals surface area contributed by atoms with Crippen LogP contribution in [-0.4, -0.2) is 18.2 Å². The smallest absolute Gasteiger partial charge is 0.231 e. The normalized spacial score (nSPS) is 13.7. The van der Waals surface area contributed by atoms with Crippen LogP contribution < -0.4 is 9.47 Å². The third kappa shape index (κ3) is 1.88. The first-order chi connectivity index (χ1) is 7.35. The molecule has 0 spiro atoms. The molecule has 0 aliphatic carbocycles. The second-order valence-corrected chi connectivity index (χ2v) is 3.40. The molecule has 1 aliphatic rings. The van der Waals surface area contributed by atoms with E-state index in [-0.39, 0.29) is 6.79 Å². The fraction of sp³-hybridized carbons (Fsp3) is 0.364. The lowest BCUT2D eigenvalue weighted by molar-refractivity contribution is 0.174. The van der Waals surface area contributed by atoms with Gasteiger partial charge in [-0.05, 0) is 24.1 Å². The van der Waals surface area contributed by atoms with Crippen LogP contribution in [0.3, 0.4) is 0 Å². The van der Waals surface area contributed by atoms with Crippen molar-refractivity contribution in [3.63, 3.8) is 0 Å². The van der Waals surface area contributed by atoms with E-state index in [0.29, 0.717) is 5.75 Å². The molecule has 0 radical (unpaired) electrons. The summed E-state index contributed by atoms with van der Waals surface area (Å²) in [6.45, 7) is 2.37. The Bertz CT molecular complexity index is 388. The van der Waals surface area contributed by atoms with Crippen molar-refractivity contribution in [3.8, 4) is 11.5 Å². The van der Waals surface area contributed by atoms with Crippen LogP contribution in [0.2, 0.25) is 0 Å². The van der Waals surface area contributed by atoms with Crippen molar-refractivity contribution >= 4 is 6.21 Å². The zero-order chi connectivity index (χ0) is 10.7. The maximum absolute atomic E-state index is 8.56. The Balaban J connectivity index is 2.42. The molecule has 1 aromatic rings. The average molecular weight is 207 g/mol. The summed E-state index contributed by atoms with van der Waals surface area (Å²) in [4.78, 5) is 0. The van der Waals surface area contributed by atoms with Crippen LogP contribution in [0.25, 0.3) is 0 Å². The quantitative estimate of drug-likeness (QED) is 0.469. The molecule has 1 heterocycles. The van der Waals surface area contributed by atoms with Gasteiger partial charge in [-0.15, -0.1) is 0 Å². The van der Waals surface area contributed by atoms with Crippen LogP contribution in [0.15, 0.2) is 17.3 Å². The summed E-state index contributed by atoms with van der Waals surface area (Å²) in [6, 6.07) is 3.79. The molecule has 0 saturated heterocycles. The van der Waals surface area contributed by atoms with Crippen molar-refractivity contribution < 1.29 is 14.7 Å². The molecule has 0 fully saturated rings. The minimum absolute atomic E-state index is 0.265. The van der Waals surface area contributed by atoms with Gasteiger partial charge in [-0.1, -0.05) is 18.5 Å². The van der Waals surface area contributed by atoms with Gasteiger partial charge in [-0.2, -0.15) is 0 Å². The number of oxime groups is 1. The van der Waals surface area contributed by atoms with Crippen LogP contribution in [0.4, 0.5) is 0 Å². The summed E-state index contributed by atoms with van der Waals surface area (Å²) in [5.41, 5.74) is 1.99. The molecule has 80 valence electrons. The average Bonchev–Trinajstić information content (AvgIpc) is 2.66. The molecule has 0 atom stereocenters. The molecule has 0 amide bonds. The molecule has 4 nitrogen and oxygen atoms in total. The number of nitrogens with zero attached hydrogens (tertiary/aromatic N) is 1. The highest BCUT2D eigenvalue weighted by Crippen LogP contribution is 2.34. The number of fused-ring (bicyclic) bond motifs is 1. The second kappa shape index (κ2) is 4.21. The van der Waals surface area contributed by atoms with Gasteiger partial charge in [0.15, 0.2) is 11.5 Å². The molecule has 0 saturated carbocycles. The maximum atomic E-state index is 8.56. The van der Waals surface area contributed by atoms with Crippen molar-refractivity contribution in [2.75, 3.05) is 6.79 Å². The van der Waals surface area contributed by atoms with Crippen molar-refractivity contribution in [1.82, 2.24) is 0 Å². The van der Waals surface area contributed by atoms with Gasteiger partial charge in [0.2, 0.25) is 6.79 Å². The van der Waals surface area contributed by atoms with Gasteiger partial charge < -0.3 is 14.7 Å². The minimum atomic E-state index is 0.265. The van der Waals surface area contributed by atoms with Crippen LogP contribution >= 0.6 is 0 Å². The van der Waals surface area contributed by atoms with Crippen LogP contribution in [0, 0.1) is 0 Å². The fourth-order valence-corrected chi connectivity index (χ4v) is 1.67. The third-order valence-electron chi connectivity index (χ3n) is 2.35. The SMILES string of the molecule is CCCc1cc2c(cc1C=NO)OCO2. The third-order valence-corrected chi connectivity index (χ3v) is 2.35. The van der Waals surface area contributed by atoms with Crippen molar-refractivity contribution in [1.29, 1.82) is 0 Å². The number of rotatable bonds is 3. The van der Waals surface area contributed by atoms with Gasteiger partial charge in [0.05, 0.1) is 6.21 Å². The molecule has 0 aromatic heterocycles. The number of hydrogen-bond donors (Lipinski definition) is 1. The van der Waals surface area contributed by atoms with Gasteiger partial charge in [-0.25, -0.2) is 0 Å². The highest BCUT2D eigenvalue weighted by Gasteiger charge is 2.16. The van der Waals surface area contributed by atoms with Crippen molar-refractivity contribution in [2.45, 2.75) is 19.8 Å². The second-order valence-electron chi connectivity index (χ2n) is 3.40. The van der Waals surface area contributed by atoms with Crippen LogP contribution in [-0.2, 0) is 6.42 Å². The molecular formula is C11H13NO3. The Morgan fingerprint density at radius 2 is 2.13 bits per heavy atom. The number of benzene rings is 1. The van der Waals surface area contributed by atoms with Gasteiger partial charge in [0.25, 0.3) is 0 Å². The van der Waals surface area contributed by atoms with E-state index in [2.05, 4.69) is 12.1 Å². The number of aryl methyl sites for hydroxylation is 1. The summed E-state index contributed by atoms with van der Waals surface area (Å²) < 4.78 is 10.5. The molecule has 2 rings (SSSR count). The highest BCUT2D eigenvalue weighted by atomic mass is 16.7. The van der Waals surface area contributed by atoms with Gasteiger partial charge in [-0.3, -0.25) is 0 Å². The Morgan fingerprint density at radius 3 is 2.80 bits per heavy atom. The molecule has 0 unspecified atom stereocenters. The standard InChI is InChI=1S/C11H13NO3/c1-2-3-8-4-10-11(15-7-14-10)5-9(8)6-12-13/h4-6,13H,2-3,7H2,1H3. The van der Waals surface area contributed by atoms with E-state index >= 15 is 0 Å². The number of hydrogen-bond acceptors (Lipinski definition) is 4. The first-order valence-electron chi connectivity index (χ1n) is 4.95. The molecule has 0 bridgehead atoms. The zero-order valence-corrected chi connectivity index (χ0v) is 8.56. The lowest BCUT2D eigenvalue weighted by Gasteiger charge is -2.05. The fourth-order valence-electron chi connectivity index (χ4n) is 1.67. The highest BCUT2D eigenvalue weighted by molar-refractivity contribution is 5.83. The molecule has 15 heavy (non-hydrogen) atoms. The maximum Gasteiger partial charge on any atom is 0.231 e. The molecular weight excluding hydrogens is 194 g/mol. The van der Waals surface area contributed by atoms with Crippen molar-refractivity contribution in [3.05, 3.63) is 23.3 Å². The lowest BCUT2D eigenvalue weighted by atomic mass is 10.0. The topological polar surface area (TPSA) is 51.1 Å². The van der Waals surface area contributed by atoms with Crippen LogP contribution in [0.5, 0.6) is 11.5 Å². The predicted molar refractivity (Wildman–Crippen MR) is 55.9 cm³/mol. The molecule has 1 aromatic carbocycles. The summed E-state index contributed by atoms with van der Waals surface area (Å²) >= 11 is 0. The van der Waals surface area contributed by atoms with Gasteiger partial charge in [0, 0.05) is 5.56 Å². The van der Waals surface area contributed by atoms with Gasteiger partial charge in [0.1, 0.15) is 0 Å². The van der Waals surface area contributed by atoms with Crippen molar-refractivity contribution in [2.24, 2.45) is 5.16 Å². The van der Waals surface area contributed by atoms with E-state index in [4.69, 9.17) is 14.7 Å². The predicted octanol–water partition coefficient (Wildman–Crippen LogP) is 2.18. The first-order valence-corrected chi connectivity index (χ1v) is 4.95. The largest absolute Gasteiger partial charge is 0.454 e.